The summed E-state index contributed by atoms with van der Waals surface area (Å²) >= 11 is 0. The molecular weight excluding hydrogens is 326 g/mol. The number of allylic oxidation sites excluding steroid dienone is 1. The summed E-state index contributed by atoms with van der Waals surface area (Å²) in [5, 5.41) is 3.98. The molecule has 3 rings (SSSR count). The van der Waals surface area contributed by atoms with Gasteiger partial charge in [-0.25, -0.2) is 4.99 Å². The minimum Gasteiger partial charge on any atom is -0.355 e. The Hall–Kier alpha value is -2.69. The van der Waals surface area contributed by atoms with E-state index in [1.807, 2.05) is 51.4 Å². The lowest BCUT2D eigenvalue weighted by molar-refractivity contribution is -0.132. The first-order chi connectivity index (χ1) is 12.4. The number of carbonyl (C=O) groups is 2. The fraction of sp³-hybridized carbons (Fsp3) is 0.381. The molecule has 0 bridgehead atoms. The van der Waals surface area contributed by atoms with Crippen molar-refractivity contribution in [3.8, 4) is 0 Å². The van der Waals surface area contributed by atoms with Gasteiger partial charge >= 0.3 is 0 Å². The first-order valence-corrected chi connectivity index (χ1v) is 8.97. The van der Waals surface area contributed by atoms with Crippen LogP contribution in [0.1, 0.15) is 39.2 Å². The molecule has 0 radical (unpaired) electrons. The van der Waals surface area contributed by atoms with E-state index in [0.717, 1.165) is 22.9 Å². The molecule has 1 aliphatic rings. The summed E-state index contributed by atoms with van der Waals surface area (Å²) in [5.41, 5.74) is 2.35. The van der Waals surface area contributed by atoms with Gasteiger partial charge in [0.2, 0.25) is 5.91 Å². The van der Waals surface area contributed by atoms with E-state index in [2.05, 4.69) is 14.9 Å². The number of aromatic nitrogens is 1. The number of aryl methyl sites for hydroxylation is 1. The molecule has 0 aliphatic carbocycles. The molecule has 1 aromatic heterocycles. The average Bonchev–Trinajstić information content (AvgIpc) is 2.98. The molecule has 5 nitrogen and oxygen atoms in total. The molecule has 1 N–H and O–H groups in total. The Bertz CT molecular complexity index is 936. The highest BCUT2D eigenvalue weighted by Gasteiger charge is 2.41. The molecule has 2 heterocycles. The molecule has 1 aromatic carbocycles. The van der Waals surface area contributed by atoms with Gasteiger partial charge < -0.3 is 9.88 Å². The first-order valence-electron chi connectivity index (χ1n) is 8.97. The Morgan fingerprint density at radius 1 is 1.35 bits per heavy atom. The van der Waals surface area contributed by atoms with Gasteiger partial charge in [-0.3, -0.25) is 9.59 Å². The number of nitrogens with one attached hydrogen (secondary N) is 1. The Morgan fingerprint density at radius 3 is 2.81 bits per heavy atom. The Morgan fingerprint density at radius 2 is 2.12 bits per heavy atom. The third kappa shape index (κ3) is 3.09. The number of hydrogen-bond acceptors (Lipinski definition) is 2. The number of benzene rings is 1. The minimum absolute atomic E-state index is 0.0937. The lowest BCUT2D eigenvalue weighted by Crippen LogP contribution is -2.46. The van der Waals surface area contributed by atoms with Crippen LogP contribution in [0.4, 0.5) is 0 Å². The number of amides is 2. The minimum atomic E-state index is -0.808. The van der Waals surface area contributed by atoms with Crippen LogP contribution in [0.5, 0.6) is 0 Å². The van der Waals surface area contributed by atoms with E-state index < -0.39 is 5.41 Å². The van der Waals surface area contributed by atoms with Crippen LogP contribution in [0, 0.1) is 5.41 Å². The van der Waals surface area contributed by atoms with E-state index in [9.17, 15) is 9.59 Å². The van der Waals surface area contributed by atoms with Gasteiger partial charge in [0.15, 0.2) is 0 Å². The van der Waals surface area contributed by atoms with Gasteiger partial charge in [0.1, 0.15) is 0 Å². The summed E-state index contributed by atoms with van der Waals surface area (Å²) in [6.45, 7) is 6.12. The molecule has 26 heavy (non-hydrogen) atoms. The van der Waals surface area contributed by atoms with Gasteiger partial charge in [-0.15, -0.1) is 0 Å². The fourth-order valence-corrected chi connectivity index (χ4v) is 3.67. The molecule has 5 heteroatoms. The van der Waals surface area contributed by atoms with E-state index in [-0.39, 0.29) is 11.8 Å². The lowest BCUT2D eigenvalue weighted by Gasteiger charge is -2.33. The van der Waals surface area contributed by atoms with Crippen molar-refractivity contribution in [1.82, 2.24) is 9.88 Å². The van der Waals surface area contributed by atoms with Crippen LogP contribution in [0.15, 0.2) is 47.1 Å². The van der Waals surface area contributed by atoms with E-state index in [1.54, 1.807) is 13.0 Å². The third-order valence-electron chi connectivity index (χ3n) is 5.33. The Kier molecular flexibility index (Phi) is 4.81. The van der Waals surface area contributed by atoms with Crippen LogP contribution >= 0.6 is 0 Å². The number of piperidine rings is 1. The smallest absolute Gasteiger partial charge is 0.273 e. The van der Waals surface area contributed by atoms with Crippen molar-refractivity contribution in [2.75, 3.05) is 6.54 Å². The van der Waals surface area contributed by atoms with E-state index in [1.165, 1.54) is 0 Å². The zero-order valence-electron chi connectivity index (χ0n) is 15.8. The second-order valence-corrected chi connectivity index (χ2v) is 7.10. The van der Waals surface area contributed by atoms with Gasteiger partial charge in [-0.1, -0.05) is 12.1 Å². The van der Waals surface area contributed by atoms with Crippen LogP contribution in [0.3, 0.4) is 0 Å². The molecule has 1 saturated heterocycles. The molecule has 0 spiro atoms. The topological polar surface area (TPSA) is 63.5 Å². The van der Waals surface area contributed by atoms with Gasteiger partial charge in [0.25, 0.3) is 5.91 Å². The van der Waals surface area contributed by atoms with Crippen molar-refractivity contribution >= 4 is 28.4 Å². The number of aliphatic imine (C=N–C) groups is 1. The summed E-state index contributed by atoms with van der Waals surface area (Å²) in [5.74, 6) is -0.429. The third-order valence-corrected chi connectivity index (χ3v) is 5.33. The summed E-state index contributed by atoms with van der Waals surface area (Å²) in [4.78, 5) is 29.5. The standard InChI is InChI=1S/C21H25N3O2/c1-5-17(21(3)10-6-11-22-20(21)26)19(25)23-14(2)15-7-8-18-16(13-15)9-12-24(18)4/h5,7-9,12-13H,6,10-11H2,1-4H3,(H,22,26)/b17-5+,23-14?. The molecule has 2 amide bonds. The number of nitrogens with zero attached hydrogens (tertiary/aromatic N) is 2. The summed E-state index contributed by atoms with van der Waals surface area (Å²) in [6.07, 6.45) is 5.26. The molecule has 1 atom stereocenters. The van der Waals surface area contributed by atoms with Crippen molar-refractivity contribution in [2.24, 2.45) is 17.5 Å². The molecule has 136 valence electrons. The van der Waals surface area contributed by atoms with E-state index in [0.29, 0.717) is 24.3 Å². The van der Waals surface area contributed by atoms with Crippen molar-refractivity contribution in [3.05, 3.63) is 47.7 Å². The van der Waals surface area contributed by atoms with E-state index >= 15 is 0 Å². The quantitative estimate of drug-likeness (QED) is 0.681. The first kappa shape index (κ1) is 18.1. The monoisotopic (exact) mass is 351 g/mol. The molecule has 2 aromatic rings. The largest absolute Gasteiger partial charge is 0.355 e. The molecule has 1 unspecified atom stereocenters. The molecular formula is C21H25N3O2. The summed E-state index contributed by atoms with van der Waals surface area (Å²) in [7, 11) is 2.00. The van der Waals surface area contributed by atoms with Crippen molar-refractivity contribution < 1.29 is 9.59 Å². The van der Waals surface area contributed by atoms with Gasteiger partial charge in [-0.2, -0.15) is 0 Å². The average molecular weight is 351 g/mol. The molecule has 0 saturated carbocycles. The number of hydrogen-bond donors (Lipinski definition) is 1. The maximum Gasteiger partial charge on any atom is 0.273 e. The second-order valence-electron chi connectivity index (χ2n) is 7.10. The number of fused-ring (bicyclic) bond motifs is 1. The van der Waals surface area contributed by atoms with Crippen molar-refractivity contribution in [3.63, 3.8) is 0 Å². The maximum atomic E-state index is 12.8. The molecule has 1 fully saturated rings. The fourth-order valence-electron chi connectivity index (χ4n) is 3.67. The Balaban J connectivity index is 1.91. The highest BCUT2D eigenvalue weighted by atomic mass is 16.2. The van der Waals surface area contributed by atoms with Crippen LogP contribution < -0.4 is 5.32 Å². The lowest BCUT2D eigenvalue weighted by atomic mass is 9.74. The highest BCUT2D eigenvalue weighted by Crippen LogP contribution is 2.35. The predicted molar refractivity (Wildman–Crippen MR) is 104 cm³/mol. The van der Waals surface area contributed by atoms with Crippen LogP contribution in [0.25, 0.3) is 10.9 Å². The SMILES string of the molecule is C/C=C(\C(=O)N=C(C)c1ccc2c(ccn2C)c1)C1(C)CCCNC1=O. The van der Waals surface area contributed by atoms with Gasteiger partial charge in [0.05, 0.1) is 5.41 Å². The predicted octanol–water partition coefficient (Wildman–Crippen LogP) is 3.38. The van der Waals surface area contributed by atoms with Crippen LogP contribution in [0.2, 0.25) is 0 Å². The van der Waals surface area contributed by atoms with Crippen LogP contribution in [-0.2, 0) is 16.6 Å². The van der Waals surface area contributed by atoms with Crippen LogP contribution in [-0.4, -0.2) is 28.6 Å². The van der Waals surface area contributed by atoms with Crippen molar-refractivity contribution in [1.29, 1.82) is 0 Å². The zero-order valence-corrected chi connectivity index (χ0v) is 15.8. The molecule has 1 aliphatic heterocycles. The number of rotatable bonds is 3. The number of carbonyl (C=O) groups excluding carboxylic acids is 2. The Labute approximate surface area is 153 Å². The van der Waals surface area contributed by atoms with Crippen molar-refractivity contribution in [2.45, 2.75) is 33.6 Å². The normalized spacial score (nSPS) is 21.8. The second kappa shape index (κ2) is 6.90. The maximum absolute atomic E-state index is 12.8. The van der Waals surface area contributed by atoms with E-state index in [4.69, 9.17) is 0 Å². The van der Waals surface area contributed by atoms with Gasteiger partial charge in [-0.05, 0) is 57.4 Å². The highest BCUT2D eigenvalue weighted by molar-refractivity contribution is 6.12. The van der Waals surface area contributed by atoms with Gasteiger partial charge in [0, 0.05) is 42.0 Å². The summed E-state index contributed by atoms with van der Waals surface area (Å²) in [6, 6.07) is 8.07. The zero-order chi connectivity index (χ0) is 18.9. The summed E-state index contributed by atoms with van der Waals surface area (Å²) < 4.78 is 2.05.